The Bertz CT molecular complexity index is 159. The minimum atomic E-state index is 0.223. The van der Waals surface area contributed by atoms with Crippen molar-refractivity contribution < 1.29 is 0 Å². The highest BCUT2D eigenvalue weighted by Crippen LogP contribution is 2.26. The monoisotopic (exact) mass is 334 g/mol. The SMILES string of the molecule is CC(C)CSC(Cl)CSCC(Cl)SCC(C)C. The molecule has 0 saturated carbocycles. The van der Waals surface area contributed by atoms with Crippen molar-refractivity contribution in [1.29, 1.82) is 0 Å². The summed E-state index contributed by atoms with van der Waals surface area (Å²) in [6, 6.07) is 0. The third kappa shape index (κ3) is 13.9. The van der Waals surface area contributed by atoms with Crippen LogP contribution in [0.5, 0.6) is 0 Å². The molecular weight excluding hydrogens is 311 g/mol. The second-order valence-electron chi connectivity index (χ2n) is 4.81. The molecule has 0 aliphatic heterocycles. The maximum absolute atomic E-state index is 6.23. The fraction of sp³-hybridized carbons (Fsp3) is 1.00. The molecule has 0 bridgehead atoms. The standard InChI is InChI=1S/C12H24Cl2S3/c1-9(2)5-16-11(13)7-15-8-12(14)17-6-10(3)4/h9-12H,5-8H2,1-4H3. The van der Waals surface area contributed by atoms with Crippen LogP contribution in [-0.2, 0) is 0 Å². The maximum atomic E-state index is 6.23. The molecule has 0 N–H and O–H groups in total. The van der Waals surface area contributed by atoms with Crippen LogP contribution in [0.25, 0.3) is 0 Å². The van der Waals surface area contributed by atoms with E-state index in [1.54, 1.807) is 0 Å². The number of hydrogen-bond donors (Lipinski definition) is 0. The van der Waals surface area contributed by atoms with Crippen LogP contribution in [0.3, 0.4) is 0 Å². The van der Waals surface area contributed by atoms with Gasteiger partial charge in [0.1, 0.15) is 0 Å². The van der Waals surface area contributed by atoms with E-state index in [4.69, 9.17) is 23.2 Å². The van der Waals surface area contributed by atoms with E-state index >= 15 is 0 Å². The lowest BCUT2D eigenvalue weighted by Gasteiger charge is -2.13. The first-order valence-electron chi connectivity index (χ1n) is 6.00. The van der Waals surface area contributed by atoms with Gasteiger partial charge in [-0.05, 0) is 23.3 Å². The number of rotatable bonds is 10. The Morgan fingerprint density at radius 1 is 0.706 bits per heavy atom. The van der Waals surface area contributed by atoms with Crippen LogP contribution >= 0.6 is 58.5 Å². The fourth-order valence-corrected chi connectivity index (χ4v) is 4.96. The molecule has 0 aromatic rings. The molecular formula is C12H24Cl2S3. The summed E-state index contributed by atoms with van der Waals surface area (Å²) in [5, 5.41) is 0. The minimum absolute atomic E-state index is 0.223. The van der Waals surface area contributed by atoms with E-state index in [0.717, 1.165) is 23.0 Å². The van der Waals surface area contributed by atoms with Crippen molar-refractivity contribution in [2.45, 2.75) is 37.1 Å². The molecule has 0 saturated heterocycles. The van der Waals surface area contributed by atoms with Gasteiger partial charge in [0.25, 0.3) is 0 Å². The molecule has 0 aliphatic carbocycles. The molecule has 2 unspecified atom stereocenters. The largest absolute Gasteiger partial charge is 0.157 e. The van der Waals surface area contributed by atoms with Crippen LogP contribution < -0.4 is 0 Å². The van der Waals surface area contributed by atoms with Crippen molar-refractivity contribution in [3.63, 3.8) is 0 Å². The number of hydrogen-bond acceptors (Lipinski definition) is 3. The van der Waals surface area contributed by atoms with Crippen LogP contribution in [0.4, 0.5) is 0 Å². The molecule has 0 heterocycles. The van der Waals surface area contributed by atoms with E-state index in [-0.39, 0.29) is 9.42 Å². The summed E-state index contributed by atoms with van der Waals surface area (Å²) in [6.45, 7) is 8.89. The third-order valence-electron chi connectivity index (χ3n) is 1.72. The lowest BCUT2D eigenvalue weighted by molar-refractivity contribution is 0.750. The zero-order chi connectivity index (χ0) is 13.3. The summed E-state index contributed by atoms with van der Waals surface area (Å²) in [6.07, 6.45) is 0. The van der Waals surface area contributed by atoms with Crippen molar-refractivity contribution in [2.24, 2.45) is 11.8 Å². The van der Waals surface area contributed by atoms with Crippen molar-refractivity contribution in [3.8, 4) is 0 Å². The van der Waals surface area contributed by atoms with Crippen molar-refractivity contribution in [3.05, 3.63) is 0 Å². The van der Waals surface area contributed by atoms with Crippen molar-refractivity contribution in [1.82, 2.24) is 0 Å². The Morgan fingerprint density at radius 3 is 1.35 bits per heavy atom. The number of thioether (sulfide) groups is 3. The summed E-state index contributed by atoms with van der Waals surface area (Å²) >= 11 is 18.0. The van der Waals surface area contributed by atoms with Gasteiger partial charge >= 0.3 is 0 Å². The molecule has 0 fully saturated rings. The molecule has 17 heavy (non-hydrogen) atoms. The van der Waals surface area contributed by atoms with E-state index in [9.17, 15) is 0 Å². The van der Waals surface area contributed by atoms with Gasteiger partial charge in [-0.3, -0.25) is 0 Å². The van der Waals surface area contributed by atoms with Crippen LogP contribution in [0, 0.1) is 11.8 Å². The van der Waals surface area contributed by atoms with Gasteiger partial charge in [0, 0.05) is 11.5 Å². The average Bonchev–Trinajstić information content (AvgIpc) is 2.23. The van der Waals surface area contributed by atoms with E-state index in [0.29, 0.717) is 11.8 Å². The van der Waals surface area contributed by atoms with Crippen LogP contribution in [0.15, 0.2) is 0 Å². The molecule has 0 rings (SSSR count). The summed E-state index contributed by atoms with van der Waals surface area (Å²) in [5.41, 5.74) is 0. The predicted molar refractivity (Wildman–Crippen MR) is 91.2 cm³/mol. The van der Waals surface area contributed by atoms with Gasteiger partial charge in [0.05, 0.1) is 9.42 Å². The Hall–Kier alpha value is 1.63. The summed E-state index contributed by atoms with van der Waals surface area (Å²) < 4.78 is 0.447. The Morgan fingerprint density at radius 2 is 1.06 bits per heavy atom. The van der Waals surface area contributed by atoms with E-state index in [1.165, 1.54) is 0 Å². The predicted octanol–water partition coefficient (Wildman–Crippen LogP) is 5.63. The van der Waals surface area contributed by atoms with Crippen LogP contribution in [-0.4, -0.2) is 32.4 Å². The molecule has 0 aromatic heterocycles. The maximum Gasteiger partial charge on any atom is 0.0878 e. The van der Waals surface area contributed by atoms with Gasteiger partial charge in [-0.2, -0.15) is 11.8 Å². The van der Waals surface area contributed by atoms with E-state index < -0.39 is 0 Å². The number of halogens is 2. The average molecular weight is 335 g/mol. The first-order valence-corrected chi connectivity index (χ1v) is 10.1. The molecule has 104 valence electrons. The van der Waals surface area contributed by atoms with Gasteiger partial charge in [0.2, 0.25) is 0 Å². The third-order valence-corrected chi connectivity index (χ3v) is 7.48. The summed E-state index contributed by atoms with van der Waals surface area (Å²) in [7, 11) is 0. The summed E-state index contributed by atoms with van der Waals surface area (Å²) in [4.78, 5) is 0. The van der Waals surface area contributed by atoms with Crippen LogP contribution in [0.2, 0.25) is 0 Å². The van der Waals surface area contributed by atoms with Gasteiger partial charge in [0.15, 0.2) is 0 Å². The molecule has 5 heteroatoms. The van der Waals surface area contributed by atoms with Crippen molar-refractivity contribution in [2.75, 3.05) is 23.0 Å². The van der Waals surface area contributed by atoms with Crippen molar-refractivity contribution >= 4 is 58.5 Å². The van der Waals surface area contributed by atoms with Gasteiger partial charge in [-0.15, -0.1) is 46.7 Å². The lowest BCUT2D eigenvalue weighted by atomic mass is 10.3. The second-order valence-corrected chi connectivity index (χ2v) is 9.93. The smallest absolute Gasteiger partial charge is 0.0878 e. The first kappa shape index (κ1) is 18.6. The van der Waals surface area contributed by atoms with Gasteiger partial charge in [-0.25, -0.2) is 0 Å². The molecule has 0 aromatic carbocycles. The highest BCUT2D eigenvalue weighted by Gasteiger charge is 2.10. The number of alkyl halides is 2. The zero-order valence-corrected chi connectivity index (χ0v) is 15.1. The topological polar surface area (TPSA) is 0 Å². The van der Waals surface area contributed by atoms with E-state index in [1.807, 2.05) is 35.3 Å². The zero-order valence-electron chi connectivity index (χ0n) is 11.1. The van der Waals surface area contributed by atoms with E-state index in [2.05, 4.69) is 27.7 Å². The lowest BCUT2D eigenvalue weighted by Crippen LogP contribution is -2.06. The molecule has 0 spiro atoms. The highest BCUT2D eigenvalue weighted by atomic mass is 35.5. The Balaban J connectivity index is 3.42. The molecule has 0 radical (unpaired) electrons. The van der Waals surface area contributed by atoms with Gasteiger partial charge < -0.3 is 0 Å². The molecule has 2 atom stereocenters. The quantitative estimate of drug-likeness (QED) is 0.475. The first-order chi connectivity index (χ1) is 7.91. The Labute approximate surface area is 130 Å². The Kier molecular flexibility index (Phi) is 12.6. The van der Waals surface area contributed by atoms with Gasteiger partial charge in [-0.1, -0.05) is 27.7 Å². The normalized spacial score (nSPS) is 15.5. The highest BCUT2D eigenvalue weighted by molar-refractivity contribution is 8.05. The molecule has 0 amide bonds. The second kappa shape index (κ2) is 11.5. The fourth-order valence-electron chi connectivity index (χ4n) is 0.943. The van der Waals surface area contributed by atoms with Crippen LogP contribution in [0.1, 0.15) is 27.7 Å². The molecule has 0 aliphatic rings. The molecule has 0 nitrogen and oxygen atoms in total. The minimum Gasteiger partial charge on any atom is -0.157 e. The summed E-state index contributed by atoms with van der Waals surface area (Å²) in [5.74, 6) is 5.69.